The maximum absolute atomic E-state index is 9.59. The molecule has 5 rings (SSSR count). The number of nitrogens with one attached hydrogen (secondary N) is 1. The summed E-state index contributed by atoms with van der Waals surface area (Å²) in [4.78, 5) is 15.0. The zero-order valence-electron chi connectivity index (χ0n) is 14.9. The first kappa shape index (κ1) is 15.8. The van der Waals surface area contributed by atoms with E-state index in [9.17, 15) is 5.26 Å². The molecule has 0 unspecified atom stereocenters. The molecule has 1 aliphatic heterocycles. The highest BCUT2D eigenvalue weighted by Gasteiger charge is 2.25. The van der Waals surface area contributed by atoms with Gasteiger partial charge >= 0.3 is 0 Å². The summed E-state index contributed by atoms with van der Waals surface area (Å²) in [5.74, 6) is 1.50. The molecule has 27 heavy (non-hydrogen) atoms. The molecule has 0 radical (unpaired) electrons. The number of pyridine rings is 1. The summed E-state index contributed by atoms with van der Waals surface area (Å²) in [5.41, 5.74) is 4.73. The van der Waals surface area contributed by atoms with E-state index in [1.807, 2.05) is 36.4 Å². The van der Waals surface area contributed by atoms with E-state index in [0.29, 0.717) is 11.5 Å². The van der Waals surface area contributed by atoms with E-state index < -0.39 is 0 Å². The van der Waals surface area contributed by atoms with Gasteiger partial charge in [-0.25, -0.2) is 4.98 Å². The molecule has 3 heterocycles. The molecule has 1 saturated heterocycles. The molecule has 4 aromatic rings. The molecule has 0 atom stereocenters. The van der Waals surface area contributed by atoms with Gasteiger partial charge in [-0.3, -0.25) is 4.98 Å². The van der Waals surface area contributed by atoms with Crippen molar-refractivity contribution in [1.82, 2.24) is 15.0 Å². The van der Waals surface area contributed by atoms with Crippen molar-refractivity contribution in [2.45, 2.75) is 18.8 Å². The number of nitrogens with zero attached hydrogens (tertiary/aromatic N) is 4. The molecule has 0 amide bonds. The van der Waals surface area contributed by atoms with Gasteiger partial charge in [-0.05, 0) is 31.0 Å². The van der Waals surface area contributed by atoms with Crippen molar-refractivity contribution in [3.05, 3.63) is 66.1 Å². The van der Waals surface area contributed by atoms with Crippen LogP contribution in [0.1, 0.15) is 30.1 Å². The number of H-pyrrole nitrogens is 1. The number of benzene rings is 2. The lowest BCUT2D eigenvalue weighted by Gasteiger charge is -2.34. The van der Waals surface area contributed by atoms with E-state index in [4.69, 9.17) is 4.98 Å². The van der Waals surface area contributed by atoms with Gasteiger partial charge in [0, 0.05) is 30.6 Å². The van der Waals surface area contributed by atoms with Crippen molar-refractivity contribution >= 4 is 27.6 Å². The standard InChI is InChI=1S/C22H19N5/c23-13-16-14-24-18-6-2-1-5-17(18)21(16)27-11-9-15(10-12-27)22-25-19-7-3-4-8-20(19)26-22/h1-8,14-15H,9-12H2,(H,25,26). The third-order valence-corrected chi connectivity index (χ3v) is 5.47. The summed E-state index contributed by atoms with van der Waals surface area (Å²) in [5, 5.41) is 10.6. The van der Waals surface area contributed by atoms with Crippen molar-refractivity contribution < 1.29 is 0 Å². The Morgan fingerprint density at radius 1 is 1.00 bits per heavy atom. The SMILES string of the molecule is N#Cc1cnc2ccccc2c1N1CCC(c2nc3ccccc3[nH]2)CC1. The molecular weight excluding hydrogens is 334 g/mol. The second kappa shape index (κ2) is 6.40. The van der Waals surface area contributed by atoms with Crippen LogP contribution in [0, 0.1) is 11.3 Å². The molecule has 0 saturated carbocycles. The number of nitriles is 1. The predicted octanol–water partition coefficient (Wildman–Crippen LogP) is 4.37. The van der Waals surface area contributed by atoms with Crippen molar-refractivity contribution in [2.24, 2.45) is 0 Å². The van der Waals surface area contributed by atoms with Gasteiger partial charge in [0.2, 0.25) is 0 Å². The lowest BCUT2D eigenvalue weighted by atomic mass is 9.95. The van der Waals surface area contributed by atoms with Gasteiger partial charge in [0.05, 0.1) is 27.8 Å². The van der Waals surface area contributed by atoms with E-state index in [-0.39, 0.29) is 0 Å². The van der Waals surface area contributed by atoms with E-state index in [2.05, 4.69) is 33.1 Å². The van der Waals surface area contributed by atoms with Crippen LogP contribution in [0.3, 0.4) is 0 Å². The van der Waals surface area contributed by atoms with Crippen LogP contribution < -0.4 is 4.90 Å². The summed E-state index contributed by atoms with van der Waals surface area (Å²) in [6, 6.07) is 18.6. The number of imidazole rings is 1. The number of hydrogen-bond acceptors (Lipinski definition) is 4. The first-order chi connectivity index (χ1) is 13.3. The van der Waals surface area contributed by atoms with Crippen LogP contribution >= 0.6 is 0 Å². The average molecular weight is 353 g/mol. The smallest absolute Gasteiger partial charge is 0.110 e. The third kappa shape index (κ3) is 2.70. The lowest BCUT2D eigenvalue weighted by molar-refractivity contribution is 0.490. The number of fused-ring (bicyclic) bond motifs is 2. The molecule has 1 aliphatic rings. The fraction of sp³-hybridized carbons (Fsp3) is 0.227. The second-order valence-corrected chi connectivity index (χ2v) is 7.05. The van der Waals surface area contributed by atoms with Gasteiger partial charge in [0.25, 0.3) is 0 Å². The molecule has 132 valence electrons. The molecule has 0 spiro atoms. The number of anilines is 1. The van der Waals surface area contributed by atoms with Gasteiger partial charge in [-0.15, -0.1) is 0 Å². The van der Waals surface area contributed by atoms with Crippen molar-refractivity contribution in [1.29, 1.82) is 5.26 Å². The van der Waals surface area contributed by atoms with E-state index in [1.165, 1.54) is 0 Å². The fourth-order valence-corrected chi connectivity index (χ4v) is 4.09. The molecule has 2 aromatic heterocycles. The number of hydrogen-bond donors (Lipinski definition) is 1. The molecule has 5 nitrogen and oxygen atoms in total. The van der Waals surface area contributed by atoms with E-state index >= 15 is 0 Å². The number of piperidine rings is 1. The molecule has 0 aliphatic carbocycles. The minimum Gasteiger partial charge on any atom is -0.370 e. The van der Waals surface area contributed by atoms with E-state index in [1.54, 1.807) is 6.20 Å². The van der Waals surface area contributed by atoms with Crippen molar-refractivity contribution in [2.75, 3.05) is 18.0 Å². The molecule has 5 heteroatoms. The zero-order valence-corrected chi connectivity index (χ0v) is 14.9. The Bertz CT molecular complexity index is 1130. The molecular formula is C22H19N5. The largest absolute Gasteiger partial charge is 0.370 e. The summed E-state index contributed by atoms with van der Waals surface area (Å²) >= 11 is 0. The first-order valence-electron chi connectivity index (χ1n) is 9.31. The average Bonchev–Trinajstić information content (AvgIpc) is 3.17. The quantitative estimate of drug-likeness (QED) is 0.581. The molecule has 2 aromatic carbocycles. The third-order valence-electron chi connectivity index (χ3n) is 5.47. The summed E-state index contributed by atoms with van der Waals surface area (Å²) < 4.78 is 0. The normalized spacial score (nSPS) is 15.3. The maximum atomic E-state index is 9.59. The van der Waals surface area contributed by atoms with Gasteiger partial charge in [0.1, 0.15) is 11.9 Å². The number of para-hydroxylation sites is 3. The lowest BCUT2D eigenvalue weighted by Crippen LogP contribution is -2.34. The van der Waals surface area contributed by atoms with Crippen molar-refractivity contribution in [3.63, 3.8) is 0 Å². The van der Waals surface area contributed by atoms with Crippen LogP contribution in [0.4, 0.5) is 5.69 Å². The highest BCUT2D eigenvalue weighted by atomic mass is 15.1. The monoisotopic (exact) mass is 353 g/mol. The Morgan fingerprint density at radius 2 is 1.74 bits per heavy atom. The molecule has 0 bridgehead atoms. The van der Waals surface area contributed by atoms with Crippen molar-refractivity contribution in [3.8, 4) is 6.07 Å². The number of rotatable bonds is 2. The predicted molar refractivity (Wildman–Crippen MR) is 107 cm³/mol. The molecule has 1 fully saturated rings. The fourth-order valence-electron chi connectivity index (χ4n) is 4.09. The second-order valence-electron chi connectivity index (χ2n) is 7.05. The Morgan fingerprint density at radius 3 is 2.52 bits per heavy atom. The zero-order chi connectivity index (χ0) is 18.2. The highest BCUT2D eigenvalue weighted by molar-refractivity contribution is 5.94. The summed E-state index contributed by atoms with van der Waals surface area (Å²) in [6.07, 6.45) is 3.73. The van der Waals surface area contributed by atoms with E-state index in [0.717, 1.165) is 59.4 Å². The highest BCUT2D eigenvalue weighted by Crippen LogP contribution is 2.35. The van der Waals surface area contributed by atoms with Gasteiger partial charge in [0.15, 0.2) is 0 Å². The Kier molecular flexibility index (Phi) is 3.75. The minimum absolute atomic E-state index is 0.423. The van der Waals surface area contributed by atoms with Crippen LogP contribution in [0.2, 0.25) is 0 Å². The Labute approximate surface area is 157 Å². The molecule has 1 N–H and O–H groups in total. The maximum Gasteiger partial charge on any atom is 0.110 e. The first-order valence-corrected chi connectivity index (χ1v) is 9.31. The van der Waals surface area contributed by atoms with Crippen LogP contribution in [-0.4, -0.2) is 28.0 Å². The van der Waals surface area contributed by atoms with Gasteiger partial charge < -0.3 is 9.88 Å². The minimum atomic E-state index is 0.423. The Balaban J connectivity index is 1.44. The summed E-state index contributed by atoms with van der Waals surface area (Å²) in [6.45, 7) is 1.81. The van der Waals surface area contributed by atoms with Crippen LogP contribution in [-0.2, 0) is 0 Å². The topological polar surface area (TPSA) is 68.6 Å². The number of aromatic amines is 1. The Hall–Kier alpha value is -3.39. The summed E-state index contributed by atoms with van der Waals surface area (Å²) in [7, 11) is 0. The van der Waals surface area contributed by atoms with Crippen LogP contribution in [0.15, 0.2) is 54.7 Å². The van der Waals surface area contributed by atoms with Crippen LogP contribution in [0.5, 0.6) is 0 Å². The van der Waals surface area contributed by atoms with Gasteiger partial charge in [-0.1, -0.05) is 30.3 Å². The van der Waals surface area contributed by atoms with Gasteiger partial charge in [-0.2, -0.15) is 5.26 Å². The number of aromatic nitrogens is 3. The van der Waals surface area contributed by atoms with Crippen LogP contribution in [0.25, 0.3) is 21.9 Å².